The van der Waals surface area contributed by atoms with Crippen LogP contribution in [0, 0.1) is 0 Å². The minimum Gasteiger partial charge on any atom is -0.377 e. The van der Waals surface area contributed by atoms with E-state index in [0.29, 0.717) is 11.6 Å². The maximum absolute atomic E-state index is 6.03. The van der Waals surface area contributed by atoms with E-state index in [4.69, 9.17) is 17.3 Å². The third-order valence-corrected chi connectivity index (χ3v) is 5.07. The quantitative estimate of drug-likeness (QED) is 0.774. The van der Waals surface area contributed by atoms with Crippen LogP contribution in [0.4, 0.5) is 5.69 Å². The molecular formula is C17H18BrClN2. The largest absolute Gasteiger partial charge is 0.377 e. The first-order valence-corrected chi connectivity index (χ1v) is 8.36. The Morgan fingerprint density at radius 3 is 2.71 bits per heavy atom. The third-order valence-electron chi connectivity index (χ3n) is 3.86. The van der Waals surface area contributed by atoms with Crippen molar-refractivity contribution in [2.75, 3.05) is 11.9 Å². The second kappa shape index (κ2) is 6.39. The lowest BCUT2D eigenvalue weighted by Crippen LogP contribution is -2.20. The Kier molecular flexibility index (Phi) is 4.53. The molecule has 1 saturated carbocycles. The van der Waals surface area contributed by atoms with Crippen LogP contribution in [0.25, 0.3) is 0 Å². The van der Waals surface area contributed by atoms with E-state index in [-0.39, 0.29) is 6.04 Å². The van der Waals surface area contributed by atoms with E-state index in [2.05, 4.69) is 45.5 Å². The summed E-state index contributed by atoms with van der Waals surface area (Å²) in [5, 5.41) is 4.19. The highest BCUT2D eigenvalue weighted by molar-refractivity contribution is 9.10. The molecule has 0 saturated heterocycles. The third kappa shape index (κ3) is 3.60. The molecule has 2 nitrogen and oxygen atoms in total. The van der Waals surface area contributed by atoms with Crippen molar-refractivity contribution in [3.8, 4) is 0 Å². The SMILES string of the molecule is NCC(Nc1ccc(Cl)c(Br)c1)c1cccc(C2CC2)c1. The van der Waals surface area contributed by atoms with Crippen molar-refractivity contribution in [2.45, 2.75) is 24.8 Å². The fourth-order valence-electron chi connectivity index (χ4n) is 2.51. The van der Waals surface area contributed by atoms with Crippen LogP contribution in [-0.2, 0) is 0 Å². The van der Waals surface area contributed by atoms with Gasteiger partial charge in [0.05, 0.1) is 11.1 Å². The van der Waals surface area contributed by atoms with Crippen LogP contribution >= 0.6 is 27.5 Å². The summed E-state index contributed by atoms with van der Waals surface area (Å²) < 4.78 is 0.886. The van der Waals surface area contributed by atoms with Gasteiger partial charge < -0.3 is 11.1 Å². The maximum Gasteiger partial charge on any atom is 0.0636 e. The van der Waals surface area contributed by atoms with Gasteiger partial charge in [-0.15, -0.1) is 0 Å². The zero-order chi connectivity index (χ0) is 14.8. The lowest BCUT2D eigenvalue weighted by atomic mass is 10.0. The van der Waals surface area contributed by atoms with Crippen LogP contribution in [0.15, 0.2) is 46.9 Å². The molecule has 1 unspecified atom stereocenters. The Bertz CT molecular complexity index is 640. The molecule has 1 aliphatic rings. The Morgan fingerprint density at radius 1 is 1.24 bits per heavy atom. The fourth-order valence-corrected chi connectivity index (χ4v) is 3.01. The Balaban J connectivity index is 1.80. The first kappa shape index (κ1) is 14.9. The minimum atomic E-state index is 0.108. The van der Waals surface area contributed by atoms with Crippen molar-refractivity contribution in [1.82, 2.24) is 0 Å². The Labute approximate surface area is 138 Å². The summed E-state index contributed by atoms with van der Waals surface area (Å²) in [7, 11) is 0. The van der Waals surface area contributed by atoms with Crippen LogP contribution < -0.4 is 11.1 Å². The number of nitrogens with one attached hydrogen (secondary N) is 1. The Morgan fingerprint density at radius 2 is 2.05 bits per heavy atom. The molecule has 1 aliphatic carbocycles. The number of nitrogens with two attached hydrogens (primary N) is 1. The zero-order valence-corrected chi connectivity index (χ0v) is 14.0. The van der Waals surface area contributed by atoms with E-state index >= 15 is 0 Å². The van der Waals surface area contributed by atoms with Gasteiger partial charge in [-0.1, -0.05) is 35.9 Å². The number of hydrogen-bond acceptors (Lipinski definition) is 2. The monoisotopic (exact) mass is 364 g/mol. The topological polar surface area (TPSA) is 38.0 Å². The molecule has 0 bridgehead atoms. The zero-order valence-electron chi connectivity index (χ0n) is 11.7. The molecule has 0 amide bonds. The average molecular weight is 366 g/mol. The van der Waals surface area contributed by atoms with Gasteiger partial charge in [-0.05, 0) is 64.0 Å². The van der Waals surface area contributed by atoms with Gasteiger partial charge in [-0.2, -0.15) is 0 Å². The highest BCUT2D eigenvalue weighted by Gasteiger charge is 2.24. The number of hydrogen-bond donors (Lipinski definition) is 2. The number of halogens is 2. The molecule has 0 heterocycles. The van der Waals surface area contributed by atoms with Crippen molar-refractivity contribution in [1.29, 1.82) is 0 Å². The van der Waals surface area contributed by atoms with Crippen molar-refractivity contribution >= 4 is 33.2 Å². The lowest BCUT2D eigenvalue weighted by Gasteiger charge is -2.20. The molecule has 110 valence electrons. The first-order chi connectivity index (χ1) is 10.2. The van der Waals surface area contributed by atoms with E-state index in [1.165, 1.54) is 24.0 Å². The molecule has 1 fully saturated rings. The van der Waals surface area contributed by atoms with E-state index in [0.717, 1.165) is 16.1 Å². The molecule has 0 radical (unpaired) electrons. The van der Waals surface area contributed by atoms with Gasteiger partial charge in [0.15, 0.2) is 0 Å². The molecule has 2 aromatic rings. The summed E-state index contributed by atoms with van der Waals surface area (Å²) in [4.78, 5) is 0. The smallest absolute Gasteiger partial charge is 0.0636 e. The number of anilines is 1. The van der Waals surface area contributed by atoms with Crippen molar-refractivity contribution < 1.29 is 0 Å². The highest BCUT2D eigenvalue weighted by atomic mass is 79.9. The molecular weight excluding hydrogens is 348 g/mol. The van der Waals surface area contributed by atoms with Gasteiger partial charge >= 0.3 is 0 Å². The van der Waals surface area contributed by atoms with Gasteiger partial charge in [0.1, 0.15) is 0 Å². The molecule has 2 aromatic carbocycles. The summed E-state index contributed by atoms with van der Waals surface area (Å²) in [6.07, 6.45) is 2.63. The van der Waals surface area contributed by atoms with Crippen molar-refractivity contribution in [2.24, 2.45) is 5.73 Å². The summed E-state index contributed by atoms with van der Waals surface area (Å²) in [5.74, 6) is 0.757. The van der Waals surface area contributed by atoms with Crippen LogP contribution in [0.1, 0.15) is 35.9 Å². The second-order valence-corrected chi connectivity index (χ2v) is 6.77. The number of rotatable bonds is 5. The van der Waals surface area contributed by atoms with Gasteiger partial charge in [-0.25, -0.2) is 0 Å². The van der Waals surface area contributed by atoms with E-state index in [9.17, 15) is 0 Å². The molecule has 21 heavy (non-hydrogen) atoms. The molecule has 3 rings (SSSR count). The van der Waals surface area contributed by atoms with Crippen molar-refractivity contribution in [3.05, 3.63) is 63.1 Å². The van der Waals surface area contributed by atoms with Crippen molar-refractivity contribution in [3.63, 3.8) is 0 Å². The summed E-state index contributed by atoms with van der Waals surface area (Å²) >= 11 is 9.48. The molecule has 3 N–H and O–H groups in total. The summed E-state index contributed by atoms with van der Waals surface area (Å²) in [6.45, 7) is 0.550. The van der Waals surface area contributed by atoms with E-state index < -0.39 is 0 Å². The average Bonchev–Trinajstić information content (AvgIpc) is 3.33. The number of benzene rings is 2. The maximum atomic E-state index is 6.03. The van der Waals surface area contributed by atoms with Gasteiger partial charge in [0.2, 0.25) is 0 Å². The van der Waals surface area contributed by atoms with Crippen LogP contribution in [-0.4, -0.2) is 6.54 Å². The van der Waals surface area contributed by atoms with E-state index in [1.54, 1.807) is 0 Å². The summed E-state index contributed by atoms with van der Waals surface area (Å²) in [6, 6.07) is 14.7. The minimum absolute atomic E-state index is 0.108. The fraction of sp³-hybridized carbons (Fsp3) is 0.294. The predicted octanol–water partition coefficient (Wildman–Crippen LogP) is 5.09. The predicted molar refractivity (Wildman–Crippen MR) is 93.0 cm³/mol. The normalized spacial score (nSPS) is 15.8. The molecule has 0 aliphatic heterocycles. The second-order valence-electron chi connectivity index (χ2n) is 5.51. The summed E-state index contributed by atoms with van der Waals surface area (Å²) in [5.41, 5.74) is 9.65. The Hall–Kier alpha value is -1.03. The van der Waals surface area contributed by atoms with Crippen LogP contribution in [0.2, 0.25) is 5.02 Å². The standard InChI is InChI=1S/C17H18BrClN2/c18-15-9-14(6-7-16(15)19)21-17(10-20)13-3-1-2-12(8-13)11-4-5-11/h1-3,6-9,11,17,21H,4-5,10,20H2. The highest BCUT2D eigenvalue weighted by Crippen LogP contribution is 2.40. The molecule has 1 atom stereocenters. The van der Waals surface area contributed by atoms with Gasteiger partial charge in [0, 0.05) is 16.7 Å². The first-order valence-electron chi connectivity index (χ1n) is 7.19. The molecule has 0 aromatic heterocycles. The van der Waals surface area contributed by atoms with Crippen LogP contribution in [0.3, 0.4) is 0 Å². The van der Waals surface area contributed by atoms with E-state index in [1.807, 2.05) is 18.2 Å². The van der Waals surface area contributed by atoms with Gasteiger partial charge in [0.25, 0.3) is 0 Å². The lowest BCUT2D eigenvalue weighted by molar-refractivity contribution is 0.787. The molecule has 4 heteroatoms. The van der Waals surface area contributed by atoms with Gasteiger partial charge in [-0.3, -0.25) is 0 Å². The van der Waals surface area contributed by atoms with Crippen LogP contribution in [0.5, 0.6) is 0 Å². The molecule has 0 spiro atoms.